The minimum Gasteiger partial charge on any atom is -0.480 e. The monoisotopic (exact) mass is 297 g/mol. The Hall–Kier alpha value is -1.36. The molecule has 0 spiro atoms. The Morgan fingerprint density at radius 1 is 1.41 bits per heavy atom. The molecule has 0 heterocycles. The molecule has 0 aromatic heterocycles. The number of carbonyl (C=O) groups excluding carboxylic acids is 1. The van der Waals surface area contributed by atoms with Crippen LogP contribution < -0.4 is 5.32 Å². The van der Waals surface area contributed by atoms with Crippen molar-refractivity contribution in [3.63, 3.8) is 0 Å². The molecule has 90 valence electrons. The fraction of sp³-hybridized carbons (Fsp3) is 0.333. The molecule has 2 rings (SSSR count). The SMILES string of the molecule is O=C(NC(C(=O)O)C1CC1)c1cccc(Br)c1. The van der Waals surface area contributed by atoms with Gasteiger partial charge in [-0.15, -0.1) is 0 Å². The number of carboxylic acid groups (broad SMARTS) is 1. The predicted molar refractivity (Wildman–Crippen MR) is 65.8 cm³/mol. The van der Waals surface area contributed by atoms with Gasteiger partial charge in [0.15, 0.2) is 0 Å². The van der Waals surface area contributed by atoms with Gasteiger partial charge in [0.1, 0.15) is 6.04 Å². The van der Waals surface area contributed by atoms with E-state index < -0.39 is 12.0 Å². The molecular formula is C12H12BrNO3. The van der Waals surface area contributed by atoms with Crippen molar-refractivity contribution in [2.45, 2.75) is 18.9 Å². The fourth-order valence-corrected chi connectivity index (χ4v) is 2.06. The summed E-state index contributed by atoms with van der Waals surface area (Å²) < 4.78 is 0.795. The zero-order valence-corrected chi connectivity index (χ0v) is 10.6. The second-order valence-corrected chi connectivity index (χ2v) is 5.05. The Morgan fingerprint density at radius 3 is 2.65 bits per heavy atom. The largest absolute Gasteiger partial charge is 0.480 e. The molecule has 1 saturated carbocycles. The van der Waals surface area contributed by atoms with Crippen molar-refractivity contribution in [1.82, 2.24) is 5.32 Å². The summed E-state index contributed by atoms with van der Waals surface area (Å²) in [6.45, 7) is 0. The summed E-state index contributed by atoms with van der Waals surface area (Å²) in [5.74, 6) is -1.22. The molecule has 0 aliphatic heterocycles. The summed E-state index contributed by atoms with van der Waals surface area (Å²) in [6.07, 6.45) is 1.74. The zero-order chi connectivity index (χ0) is 12.4. The van der Waals surface area contributed by atoms with Gasteiger partial charge in [0.25, 0.3) is 5.91 Å². The Morgan fingerprint density at radius 2 is 2.12 bits per heavy atom. The average molecular weight is 298 g/mol. The standard InChI is InChI=1S/C12H12BrNO3/c13-9-3-1-2-8(6-9)11(15)14-10(12(16)17)7-4-5-7/h1-3,6-7,10H,4-5H2,(H,14,15)(H,16,17). The van der Waals surface area contributed by atoms with Gasteiger partial charge in [-0.25, -0.2) is 4.79 Å². The molecule has 0 bridgehead atoms. The lowest BCUT2D eigenvalue weighted by atomic mass is 10.1. The van der Waals surface area contributed by atoms with Crippen LogP contribution in [0.15, 0.2) is 28.7 Å². The maximum atomic E-state index is 11.8. The lowest BCUT2D eigenvalue weighted by molar-refractivity contribution is -0.139. The van der Waals surface area contributed by atoms with Crippen molar-refractivity contribution in [3.8, 4) is 0 Å². The van der Waals surface area contributed by atoms with Crippen molar-refractivity contribution in [2.75, 3.05) is 0 Å². The van der Waals surface area contributed by atoms with Crippen LogP contribution in [0.5, 0.6) is 0 Å². The lowest BCUT2D eigenvalue weighted by Gasteiger charge is -2.13. The third-order valence-corrected chi connectivity index (χ3v) is 3.23. The zero-order valence-electron chi connectivity index (χ0n) is 9.02. The Balaban J connectivity index is 2.07. The number of hydrogen-bond donors (Lipinski definition) is 2. The van der Waals surface area contributed by atoms with Crippen LogP contribution in [0, 0.1) is 5.92 Å². The lowest BCUT2D eigenvalue weighted by Crippen LogP contribution is -2.42. The summed E-state index contributed by atoms with van der Waals surface area (Å²) in [5, 5.41) is 11.6. The number of carboxylic acids is 1. The highest BCUT2D eigenvalue weighted by Gasteiger charge is 2.37. The van der Waals surface area contributed by atoms with E-state index in [0.29, 0.717) is 5.56 Å². The number of halogens is 1. The molecule has 1 unspecified atom stereocenters. The molecule has 1 aromatic rings. The first-order valence-electron chi connectivity index (χ1n) is 5.37. The number of benzene rings is 1. The molecule has 1 aliphatic carbocycles. The van der Waals surface area contributed by atoms with E-state index in [-0.39, 0.29) is 11.8 Å². The summed E-state index contributed by atoms with van der Waals surface area (Å²) in [5.41, 5.74) is 0.464. The molecule has 5 heteroatoms. The Labute approximate surface area is 107 Å². The van der Waals surface area contributed by atoms with Gasteiger partial charge in [-0.05, 0) is 37.0 Å². The second-order valence-electron chi connectivity index (χ2n) is 4.14. The smallest absolute Gasteiger partial charge is 0.326 e. The highest BCUT2D eigenvalue weighted by atomic mass is 79.9. The van der Waals surface area contributed by atoms with Crippen LogP contribution in [-0.2, 0) is 4.79 Å². The molecule has 1 amide bonds. The highest BCUT2D eigenvalue weighted by Crippen LogP contribution is 2.32. The van der Waals surface area contributed by atoms with Gasteiger partial charge in [-0.2, -0.15) is 0 Å². The van der Waals surface area contributed by atoms with Crippen molar-refractivity contribution in [3.05, 3.63) is 34.3 Å². The maximum Gasteiger partial charge on any atom is 0.326 e. The van der Waals surface area contributed by atoms with E-state index in [1.54, 1.807) is 18.2 Å². The quantitative estimate of drug-likeness (QED) is 0.894. The van der Waals surface area contributed by atoms with Crippen LogP contribution in [0.1, 0.15) is 23.2 Å². The van der Waals surface area contributed by atoms with Gasteiger partial charge in [0.05, 0.1) is 0 Å². The van der Waals surface area contributed by atoms with Crippen LogP contribution in [0.25, 0.3) is 0 Å². The van der Waals surface area contributed by atoms with E-state index in [2.05, 4.69) is 21.2 Å². The summed E-state index contributed by atoms with van der Waals surface area (Å²) in [7, 11) is 0. The van der Waals surface area contributed by atoms with Crippen molar-refractivity contribution in [2.24, 2.45) is 5.92 Å². The summed E-state index contributed by atoms with van der Waals surface area (Å²) in [6, 6.07) is 6.12. The van der Waals surface area contributed by atoms with Gasteiger partial charge in [0.2, 0.25) is 0 Å². The Kier molecular flexibility index (Phi) is 3.47. The summed E-state index contributed by atoms with van der Waals surface area (Å²) in [4.78, 5) is 22.8. The van der Waals surface area contributed by atoms with Crippen LogP contribution in [0.2, 0.25) is 0 Å². The molecule has 1 atom stereocenters. The van der Waals surface area contributed by atoms with E-state index in [9.17, 15) is 9.59 Å². The third-order valence-electron chi connectivity index (χ3n) is 2.73. The molecule has 2 N–H and O–H groups in total. The average Bonchev–Trinajstić information content (AvgIpc) is 3.09. The summed E-state index contributed by atoms with van der Waals surface area (Å²) >= 11 is 3.27. The topological polar surface area (TPSA) is 66.4 Å². The van der Waals surface area contributed by atoms with Crippen LogP contribution in [-0.4, -0.2) is 23.0 Å². The molecule has 0 saturated heterocycles. The number of nitrogens with one attached hydrogen (secondary N) is 1. The second kappa shape index (κ2) is 4.87. The Bertz CT molecular complexity index is 457. The molecule has 17 heavy (non-hydrogen) atoms. The molecule has 4 nitrogen and oxygen atoms in total. The van der Waals surface area contributed by atoms with Gasteiger partial charge < -0.3 is 10.4 Å². The number of hydrogen-bond acceptors (Lipinski definition) is 2. The highest BCUT2D eigenvalue weighted by molar-refractivity contribution is 9.10. The first-order chi connectivity index (χ1) is 8.08. The molecule has 1 aliphatic rings. The van der Waals surface area contributed by atoms with E-state index in [1.807, 2.05) is 6.07 Å². The number of rotatable bonds is 4. The van der Waals surface area contributed by atoms with Crippen molar-refractivity contribution < 1.29 is 14.7 Å². The van der Waals surface area contributed by atoms with Crippen LogP contribution in [0.3, 0.4) is 0 Å². The minimum atomic E-state index is -0.962. The van der Waals surface area contributed by atoms with Crippen molar-refractivity contribution >= 4 is 27.8 Å². The van der Waals surface area contributed by atoms with Gasteiger partial charge >= 0.3 is 5.97 Å². The van der Waals surface area contributed by atoms with E-state index in [0.717, 1.165) is 17.3 Å². The van der Waals surface area contributed by atoms with Crippen LogP contribution in [0.4, 0.5) is 0 Å². The van der Waals surface area contributed by atoms with Gasteiger partial charge in [-0.1, -0.05) is 22.0 Å². The molecule has 0 radical (unpaired) electrons. The predicted octanol–water partition coefficient (Wildman–Crippen LogP) is 2.04. The molecule has 1 fully saturated rings. The molecular weight excluding hydrogens is 286 g/mol. The van der Waals surface area contributed by atoms with Crippen molar-refractivity contribution in [1.29, 1.82) is 0 Å². The van der Waals surface area contributed by atoms with Gasteiger partial charge in [0, 0.05) is 10.0 Å². The molecule has 1 aromatic carbocycles. The maximum absolute atomic E-state index is 11.8. The third kappa shape index (κ3) is 3.06. The first-order valence-corrected chi connectivity index (χ1v) is 6.16. The van der Waals surface area contributed by atoms with E-state index in [4.69, 9.17) is 5.11 Å². The number of carbonyl (C=O) groups is 2. The fourth-order valence-electron chi connectivity index (χ4n) is 1.67. The number of aliphatic carboxylic acids is 1. The first kappa shape index (κ1) is 12.1. The van der Waals surface area contributed by atoms with E-state index >= 15 is 0 Å². The van der Waals surface area contributed by atoms with Gasteiger partial charge in [-0.3, -0.25) is 4.79 Å². The minimum absolute atomic E-state index is 0.0867. The van der Waals surface area contributed by atoms with Crippen LogP contribution >= 0.6 is 15.9 Å². The number of amides is 1. The van der Waals surface area contributed by atoms with E-state index in [1.165, 1.54) is 0 Å². The normalized spacial score (nSPS) is 16.3.